The average molecular weight is 236 g/mol. The van der Waals surface area contributed by atoms with Crippen molar-refractivity contribution in [3.8, 4) is 5.75 Å². The molecule has 1 aromatic heterocycles. The molecule has 5 heteroatoms. The second-order valence-corrected chi connectivity index (χ2v) is 3.98. The summed E-state index contributed by atoms with van der Waals surface area (Å²) in [4.78, 5) is 11.2. The fourth-order valence-corrected chi connectivity index (χ4v) is 1.96. The summed E-state index contributed by atoms with van der Waals surface area (Å²) in [5.74, 6) is 0.843. The molecule has 0 radical (unpaired) electrons. The van der Waals surface area contributed by atoms with Crippen molar-refractivity contribution in [3.05, 3.63) is 45.9 Å². The Morgan fingerprint density at radius 1 is 1.31 bits per heavy atom. The zero-order chi connectivity index (χ0) is 11.4. The molecule has 2 aromatic rings. The van der Waals surface area contributed by atoms with Crippen molar-refractivity contribution >= 4 is 11.7 Å². The Labute approximate surface area is 97.2 Å². The third kappa shape index (κ3) is 2.49. The van der Waals surface area contributed by atoms with Crippen LogP contribution in [-0.2, 0) is 12.8 Å². The number of ether oxygens (including phenoxy) is 1. The number of aromatic nitrogens is 2. The number of hydrogen-bond acceptors (Lipinski definition) is 4. The normalized spacial score (nSPS) is 10.3. The minimum absolute atomic E-state index is 0.0708. The maximum atomic E-state index is 11.2. The minimum Gasteiger partial charge on any atom is -0.497 e. The van der Waals surface area contributed by atoms with Gasteiger partial charge in [0, 0.05) is 18.1 Å². The summed E-state index contributed by atoms with van der Waals surface area (Å²) in [6.07, 6.45) is 1.49. The van der Waals surface area contributed by atoms with E-state index >= 15 is 0 Å². The Balaban J connectivity index is 2.00. The van der Waals surface area contributed by atoms with Crippen molar-refractivity contribution in [3.63, 3.8) is 0 Å². The second-order valence-electron chi connectivity index (χ2n) is 3.41. The van der Waals surface area contributed by atoms with Crippen LogP contribution in [0.3, 0.4) is 0 Å². The lowest BCUT2D eigenvalue weighted by atomic mass is 10.1. The van der Waals surface area contributed by atoms with Crippen molar-refractivity contribution in [2.45, 2.75) is 12.8 Å². The van der Waals surface area contributed by atoms with Crippen molar-refractivity contribution < 1.29 is 4.74 Å². The SMILES string of the molecule is COc1ccc(CCc2ns[nH]c2=O)cc1. The van der Waals surface area contributed by atoms with Crippen molar-refractivity contribution in [1.29, 1.82) is 0 Å². The van der Waals surface area contributed by atoms with Gasteiger partial charge in [0.2, 0.25) is 0 Å². The van der Waals surface area contributed by atoms with Crippen molar-refractivity contribution in [2.24, 2.45) is 0 Å². The van der Waals surface area contributed by atoms with E-state index in [1.807, 2.05) is 24.3 Å². The summed E-state index contributed by atoms with van der Waals surface area (Å²) in [5, 5.41) is 0. The standard InChI is InChI=1S/C11H12N2O2S/c1-15-9-5-2-8(3-6-9)4-7-10-11(14)13-16-12-10/h2-3,5-6H,4,7H2,1H3,(H,13,14). The van der Waals surface area contributed by atoms with E-state index in [1.54, 1.807) is 7.11 Å². The summed E-state index contributed by atoms with van der Waals surface area (Å²) < 4.78 is 11.7. The number of H-pyrrole nitrogens is 1. The van der Waals surface area contributed by atoms with Crippen LogP contribution in [0.5, 0.6) is 5.75 Å². The first-order valence-corrected chi connectivity index (χ1v) is 5.73. The molecule has 0 unspecified atom stereocenters. The maximum absolute atomic E-state index is 11.2. The molecule has 1 N–H and O–H groups in total. The van der Waals surface area contributed by atoms with Gasteiger partial charge in [-0.3, -0.25) is 9.17 Å². The van der Waals surface area contributed by atoms with Crippen LogP contribution >= 0.6 is 11.7 Å². The van der Waals surface area contributed by atoms with Crippen molar-refractivity contribution in [1.82, 2.24) is 8.75 Å². The van der Waals surface area contributed by atoms with E-state index in [9.17, 15) is 4.79 Å². The van der Waals surface area contributed by atoms with Gasteiger partial charge in [-0.15, -0.1) is 0 Å². The molecule has 1 heterocycles. The van der Waals surface area contributed by atoms with Crippen LogP contribution in [0.1, 0.15) is 11.3 Å². The molecule has 0 saturated heterocycles. The van der Waals surface area contributed by atoms with Crippen LogP contribution in [0.2, 0.25) is 0 Å². The maximum Gasteiger partial charge on any atom is 0.281 e. The predicted octanol–water partition coefficient (Wildman–Crippen LogP) is 1.63. The topological polar surface area (TPSA) is 55.0 Å². The number of aryl methyl sites for hydroxylation is 2. The van der Waals surface area contributed by atoms with Crippen LogP contribution < -0.4 is 10.3 Å². The van der Waals surface area contributed by atoms with Gasteiger partial charge in [-0.05, 0) is 24.1 Å². The summed E-state index contributed by atoms with van der Waals surface area (Å²) in [5.41, 5.74) is 1.72. The Bertz CT molecular complexity index is 501. The molecule has 0 spiro atoms. The number of aromatic amines is 1. The molecule has 0 aliphatic carbocycles. The molecule has 84 valence electrons. The molecule has 16 heavy (non-hydrogen) atoms. The van der Waals surface area contributed by atoms with Gasteiger partial charge < -0.3 is 4.74 Å². The van der Waals surface area contributed by atoms with Crippen LogP contribution in [0.15, 0.2) is 29.1 Å². The van der Waals surface area contributed by atoms with Crippen LogP contribution in [0, 0.1) is 0 Å². The lowest BCUT2D eigenvalue weighted by Crippen LogP contribution is -2.07. The van der Waals surface area contributed by atoms with E-state index in [4.69, 9.17) is 4.74 Å². The average Bonchev–Trinajstić information content (AvgIpc) is 2.73. The number of hydrogen-bond donors (Lipinski definition) is 1. The zero-order valence-electron chi connectivity index (χ0n) is 8.90. The van der Waals surface area contributed by atoms with Crippen LogP contribution in [-0.4, -0.2) is 15.9 Å². The summed E-state index contributed by atoms with van der Waals surface area (Å²) >= 11 is 1.10. The van der Waals surface area contributed by atoms with Crippen molar-refractivity contribution in [2.75, 3.05) is 7.11 Å². The van der Waals surface area contributed by atoms with Gasteiger partial charge in [-0.2, -0.15) is 4.37 Å². The summed E-state index contributed by atoms with van der Waals surface area (Å²) in [6, 6.07) is 7.83. The number of benzene rings is 1. The van der Waals surface area contributed by atoms with Gasteiger partial charge in [0.15, 0.2) is 0 Å². The highest BCUT2D eigenvalue weighted by Gasteiger charge is 2.03. The third-order valence-corrected chi connectivity index (χ3v) is 2.95. The molecule has 2 rings (SSSR count). The van der Waals surface area contributed by atoms with E-state index < -0.39 is 0 Å². The minimum atomic E-state index is -0.0708. The van der Waals surface area contributed by atoms with Gasteiger partial charge in [0.1, 0.15) is 11.4 Å². The molecular weight excluding hydrogens is 224 g/mol. The van der Waals surface area contributed by atoms with E-state index in [0.29, 0.717) is 12.1 Å². The lowest BCUT2D eigenvalue weighted by molar-refractivity contribution is 0.414. The largest absolute Gasteiger partial charge is 0.497 e. The van der Waals surface area contributed by atoms with E-state index in [1.165, 1.54) is 5.56 Å². The van der Waals surface area contributed by atoms with E-state index in [2.05, 4.69) is 8.75 Å². The molecule has 0 amide bonds. The number of nitrogens with one attached hydrogen (secondary N) is 1. The Morgan fingerprint density at radius 2 is 2.06 bits per heavy atom. The first-order chi connectivity index (χ1) is 7.79. The molecule has 1 aromatic carbocycles. The van der Waals surface area contributed by atoms with Gasteiger partial charge >= 0.3 is 0 Å². The number of methoxy groups -OCH3 is 1. The van der Waals surface area contributed by atoms with E-state index in [-0.39, 0.29) is 5.56 Å². The number of nitrogens with zero attached hydrogens (tertiary/aromatic N) is 1. The molecule has 4 nitrogen and oxygen atoms in total. The Kier molecular flexibility index (Phi) is 3.36. The first kappa shape index (κ1) is 10.9. The van der Waals surface area contributed by atoms with Gasteiger partial charge in [-0.25, -0.2) is 0 Å². The molecule has 0 aliphatic rings. The molecule has 0 aliphatic heterocycles. The molecule has 0 fully saturated rings. The Morgan fingerprint density at radius 3 is 2.62 bits per heavy atom. The smallest absolute Gasteiger partial charge is 0.281 e. The monoisotopic (exact) mass is 236 g/mol. The van der Waals surface area contributed by atoms with Gasteiger partial charge in [0.05, 0.1) is 7.11 Å². The van der Waals surface area contributed by atoms with Crippen LogP contribution in [0.4, 0.5) is 0 Å². The fourth-order valence-electron chi connectivity index (χ4n) is 1.43. The molecular formula is C11H12N2O2S. The molecule has 0 saturated carbocycles. The highest BCUT2D eigenvalue weighted by atomic mass is 32.1. The zero-order valence-corrected chi connectivity index (χ0v) is 9.71. The van der Waals surface area contributed by atoms with Gasteiger partial charge in [0.25, 0.3) is 5.56 Å². The fraction of sp³-hybridized carbons (Fsp3) is 0.273. The van der Waals surface area contributed by atoms with E-state index in [0.717, 1.165) is 23.9 Å². The quantitative estimate of drug-likeness (QED) is 0.877. The van der Waals surface area contributed by atoms with Crippen LogP contribution in [0.25, 0.3) is 0 Å². The second kappa shape index (κ2) is 4.94. The number of rotatable bonds is 4. The predicted molar refractivity (Wildman–Crippen MR) is 63.1 cm³/mol. The summed E-state index contributed by atoms with van der Waals surface area (Å²) in [6.45, 7) is 0. The first-order valence-electron chi connectivity index (χ1n) is 4.96. The molecule has 0 atom stereocenters. The highest BCUT2D eigenvalue weighted by Crippen LogP contribution is 2.12. The molecule has 0 bridgehead atoms. The highest BCUT2D eigenvalue weighted by molar-refractivity contribution is 6.99. The third-order valence-electron chi connectivity index (χ3n) is 2.37. The Hall–Kier alpha value is -1.62. The van der Waals surface area contributed by atoms with Gasteiger partial charge in [-0.1, -0.05) is 12.1 Å². The lowest BCUT2D eigenvalue weighted by Gasteiger charge is -2.01. The summed E-state index contributed by atoms with van der Waals surface area (Å²) in [7, 11) is 1.64.